The summed E-state index contributed by atoms with van der Waals surface area (Å²) in [4.78, 5) is 12.5. The lowest BCUT2D eigenvalue weighted by atomic mass is 10.1. The number of carbonyl (C=O) groups is 1. The molecule has 0 aliphatic carbocycles. The molecule has 0 saturated carbocycles. The average molecular weight is 348 g/mol. The number of carbonyl (C=O) groups excluding carboxylic acids is 1. The van der Waals surface area contributed by atoms with Gasteiger partial charge in [0.05, 0.1) is 22.0 Å². The van der Waals surface area contributed by atoms with Crippen molar-refractivity contribution in [2.24, 2.45) is 0 Å². The van der Waals surface area contributed by atoms with Crippen molar-refractivity contribution < 1.29 is 13.2 Å². The van der Waals surface area contributed by atoms with Crippen LogP contribution in [0.5, 0.6) is 0 Å². The van der Waals surface area contributed by atoms with Crippen molar-refractivity contribution in [2.75, 3.05) is 15.8 Å². The minimum absolute atomic E-state index is 0.124. The Balaban J connectivity index is 1.94. The zero-order chi connectivity index (χ0) is 16.4. The highest BCUT2D eigenvalue weighted by Crippen LogP contribution is 2.33. The van der Waals surface area contributed by atoms with Crippen molar-refractivity contribution in [3.8, 4) is 0 Å². The molecule has 0 bridgehead atoms. The number of para-hydroxylation sites is 1. The summed E-state index contributed by atoms with van der Waals surface area (Å²) < 4.78 is 27.8. The third kappa shape index (κ3) is 3.35. The van der Waals surface area contributed by atoms with Crippen molar-refractivity contribution in [1.29, 1.82) is 0 Å². The van der Waals surface area contributed by atoms with Gasteiger partial charge in [0, 0.05) is 4.90 Å². The number of amides is 1. The van der Waals surface area contributed by atoms with E-state index in [1.165, 1.54) is 17.8 Å². The van der Waals surface area contributed by atoms with Crippen LogP contribution < -0.4 is 10.0 Å². The predicted molar refractivity (Wildman–Crippen MR) is 92.4 cm³/mol. The van der Waals surface area contributed by atoms with Crippen LogP contribution in [-0.2, 0) is 21.2 Å². The molecule has 5 nitrogen and oxygen atoms in total. The minimum atomic E-state index is -3.71. The van der Waals surface area contributed by atoms with E-state index in [2.05, 4.69) is 10.0 Å². The summed E-state index contributed by atoms with van der Waals surface area (Å²) in [6.45, 7) is 1.97. The second-order valence-electron chi connectivity index (χ2n) is 5.11. The first kappa shape index (κ1) is 15.9. The lowest BCUT2D eigenvalue weighted by Crippen LogP contribution is -2.20. The lowest BCUT2D eigenvalue weighted by molar-refractivity contribution is -0.113. The van der Waals surface area contributed by atoms with Crippen LogP contribution >= 0.6 is 11.8 Å². The standard InChI is InChI=1S/C16H16N2O3S2/c1-2-11-5-3-4-6-13(11)18-23(20,21)12-7-8-15-14(9-12)17-16(19)10-22-15/h3-9,18H,2,10H2,1H3,(H,17,19). The van der Waals surface area contributed by atoms with Crippen LogP contribution in [0.15, 0.2) is 52.3 Å². The van der Waals surface area contributed by atoms with Crippen LogP contribution in [0.1, 0.15) is 12.5 Å². The number of anilines is 2. The summed E-state index contributed by atoms with van der Waals surface area (Å²) in [6, 6.07) is 12.1. The average Bonchev–Trinajstić information content (AvgIpc) is 2.54. The number of fused-ring (bicyclic) bond motifs is 1. The topological polar surface area (TPSA) is 75.3 Å². The molecular weight excluding hydrogens is 332 g/mol. The molecule has 0 spiro atoms. The largest absolute Gasteiger partial charge is 0.324 e. The Kier molecular flexibility index (Phi) is 4.32. The lowest BCUT2D eigenvalue weighted by Gasteiger charge is -2.18. The van der Waals surface area contributed by atoms with Crippen molar-refractivity contribution in [3.63, 3.8) is 0 Å². The molecule has 2 aromatic carbocycles. The van der Waals surface area contributed by atoms with Crippen LogP contribution in [-0.4, -0.2) is 20.1 Å². The van der Waals surface area contributed by atoms with Gasteiger partial charge >= 0.3 is 0 Å². The Bertz CT molecular complexity index is 863. The summed E-state index contributed by atoms with van der Waals surface area (Å²) in [5.41, 5.74) is 2.04. The summed E-state index contributed by atoms with van der Waals surface area (Å²) in [7, 11) is -3.71. The molecule has 1 aliphatic rings. The van der Waals surface area contributed by atoms with Gasteiger partial charge in [0.15, 0.2) is 0 Å². The first-order chi connectivity index (χ1) is 11.0. The zero-order valence-corrected chi connectivity index (χ0v) is 14.1. The molecule has 1 amide bonds. The van der Waals surface area contributed by atoms with Crippen molar-refractivity contribution in [2.45, 2.75) is 23.1 Å². The molecule has 120 valence electrons. The number of sulfonamides is 1. The first-order valence-electron chi connectivity index (χ1n) is 7.17. The fourth-order valence-electron chi connectivity index (χ4n) is 2.36. The molecule has 0 unspecified atom stereocenters. The number of rotatable bonds is 4. The van der Waals surface area contributed by atoms with E-state index in [9.17, 15) is 13.2 Å². The van der Waals surface area contributed by atoms with Gasteiger partial charge in [-0.05, 0) is 36.2 Å². The quantitative estimate of drug-likeness (QED) is 0.890. The molecule has 3 rings (SSSR count). The number of hydrogen-bond donors (Lipinski definition) is 2. The van der Waals surface area contributed by atoms with Gasteiger partial charge in [-0.25, -0.2) is 8.42 Å². The summed E-state index contributed by atoms with van der Waals surface area (Å²) >= 11 is 1.40. The zero-order valence-electron chi connectivity index (χ0n) is 12.5. The molecular formula is C16H16N2O3S2. The number of thioether (sulfide) groups is 1. The fourth-order valence-corrected chi connectivity index (χ4v) is 4.28. The van der Waals surface area contributed by atoms with Crippen molar-refractivity contribution in [3.05, 3.63) is 48.0 Å². The van der Waals surface area contributed by atoms with E-state index < -0.39 is 10.0 Å². The predicted octanol–water partition coefficient (Wildman–Crippen LogP) is 3.09. The van der Waals surface area contributed by atoms with Gasteiger partial charge in [0.1, 0.15) is 0 Å². The highest BCUT2D eigenvalue weighted by atomic mass is 32.2. The van der Waals surface area contributed by atoms with E-state index in [-0.39, 0.29) is 10.8 Å². The number of benzene rings is 2. The Morgan fingerprint density at radius 1 is 1.22 bits per heavy atom. The molecule has 2 aromatic rings. The number of hydrogen-bond acceptors (Lipinski definition) is 4. The number of aryl methyl sites for hydroxylation is 1. The van der Waals surface area contributed by atoms with E-state index in [0.29, 0.717) is 17.1 Å². The third-order valence-electron chi connectivity index (χ3n) is 3.54. The third-order valence-corrected chi connectivity index (χ3v) is 5.97. The Labute approximate surface area is 139 Å². The maximum atomic E-state index is 12.6. The van der Waals surface area contributed by atoms with Crippen molar-refractivity contribution >= 4 is 39.1 Å². The normalized spacial score (nSPS) is 14.0. The van der Waals surface area contributed by atoms with E-state index in [4.69, 9.17) is 0 Å². The van der Waals surface area contributed by atoms with Gasteiger partial charge in [0.25, 0.3) is 10.0 Å². The Morgan fingerprint density at radius 2 is 2.00 bits per heavy atom. The molecule has 0 radical (unpaired) electrons. The Morgan fingerprint density at radius 3 is 2.78 bits per heavy atom. The van der Waals surface area contributed by atoms with Crippen LogP contribution in [0.3, 0.4) is 0 Å². The summed E-state index contributed by atoms with van der Waals surface area (Å²) in [5.74, 6) is 0.225. The summed E-state index contributed by atoms with van der Waals surface area (Å²) in [5, 5.41) is 2.71. The second-order valence-corrected chi connectivity index (χ2v) is 7.81. The molecule has 0 saturated heterocycles. The van der Waals surface area contributed by atoms with Crippen LogP contribution in [0.25, 0.3) is 0 Å². The maximum Gasteiger partial charge on any atom is 0.261 e. The van der Waals surface area contributed by atoms with Gasteiger partial charge in [-0.3, -0.25) is 9.52 Å². The Hall–Kier alpha value is -1.99. The SMILES string of the molecule is CCc1ccccc1NS(=O)(=O)c1ccc2c(c1)NC(=O)CS2. The molecule has 7 heteroatoms. The highest BCUT2D eigenvalue weighted by Gasteiger charge is 2.21. The summed E-state index contributed by atoms with van der Waals surface area (Å²) in [6.07, 6.45) is 0.732. The fraction of sp³-hybridized carbons (Fsp3) is 0.188. The van der Waals surface area contributed by atoms with Crippen LogP contribution in [0.2, 0.25) is 0 Å². The van der Waals surface area contributed by atoms with E-state index >= 15 is 0 Å². The van der Waals surface area contributed by atoms with E-state index in [0.717, 1.165) is 16.9 Å². The van der Waals surface area contributed by atoms with Crippen LogP contribution in [0.4, 0.5) is 11.4 Å². The molecule has 2 N–H and O–H groups in total. The number of nitrogens with one attached hydrogen (secondary N) is 2. The van der Waals surface area contributed by atoms with Gasteiger partial charge in [-0.15, -0.1) is 11.8 Å². The molecule has 23 heavy (non-hydrogen) atoms. The molecule has 0 fully saturated rings. The molecule has 0 aromatic heterocycles. The van der Waals surface area contributed by atoms with Crippen LogP contribution in [0, 0.1) is 0 Å². The molecule has 1 aliphatic heterocycles. The van der Waals surface area contributed by atoms with Crippen molar-refractivity contribution in [1.82, 2.24) is 0 Å². The monoisotopic (exact) mass is 348 g/mol. The highest BCUT2D eigenvalue weighted by molar-refractivity contribution is 8.00. The van der Waals surface area contributed by atoms with E-state index in [1.54, 1.807) is 24.3 Å². The minimum Gasteiger partial charge on any atom is -0.324 e. The molecule has 1 heterocycles. The van der Waals surface area contributed by atoms with Gasteiger partial charge in [-0.2, -0.15) is 0 Å². The van der Waals surface area contributed by atoms with Gasteiger partial charge < -0.3 is 5.32 Å². The van der Waals surface area contributed by atoms with Gasteiger partial charge in [-0.1, -0.05) is 25.1 Å². The first-order valence-corrected chi connectivity index (χ1v) is 9.64. The molecule has 0 atom stereocenters. The smallest absolute Gasteiger partial charge is 0.261 e. The van der Waals surface area contributed by atoms with E-state index in [1.807, 2.05) is 19.1 Å². The van der Waals surface area contributed by atoms with Gasteiger partial charge in [0.2, 0.25) is 5.91 Å². The maximum absolute atomic E-state index is 12.6. The second kappa shape index (κ2) is 6.25.